The third-order valence-corrected chi connectivity index (χ3v) is 2.68. The second kappa shape index (κ2) is 5.19. The molecule has 98 valence electrons. The first kappa shape index (κ1) is 13.2. The van der Waals surface area contributed by atoms with Gasteiger partial charge in [-0.05, 0) is 24.3 Å². The van der Waals surface area contributed by atoms with Crippen molar-refractivity contribution in [3.63, 3.8) is 0 Å². The van der Waals surface area contributed by atoms with Crippen LogP contribution in [0.5, 0.6) is 0 Å². The Kier molecular flexibility index (Phi) is 3.62. The van der Waals surface area contributed by atoms with Crippen LogP contribution in [0.3, 0.4) is 0 Å². The van der Waals surface area contributed by atoms with Gasteiger partial charge < -0.3 is 5.32 Å². The van der Waals surface area contributed by atoms with Crippen LogP contribution in [0.2, 0.25) is 5.02 Å². The lowest BCUT2D eigenvalue weighted by Crippen LogP contribution is -2.01. The van der Waals surface area contributed by atoms with Crippen LogP contribution >= 0.6 is 11.6 Å². The summed E-state index contributed by atoms with van der Waals surface area (Å²) >= 11 is 5.59. The van der Waals surface area contributed by atoms with Crippen molar-refractivity contribution in [2.75, 3.05) is 5.32 Å². The molecule has 0 radical (unpaired) electrons. The van der Waals surface area contributed by atoms with E-state index in [1.165, 1.54) is 30.3 Å². The Morgan fingerprint density at radius 2 is 1.74 bits per heavy atom. The summed E-state index contributed by atoms with van der Waals surface area (Å²) in [7, 11) is 0. The van der Waals surface area contributed by atoms with Gasteiger partial charge in [0.2, 0.25) is 5.82 Å². The van der Waals surface area contributed by atoms with Crippen molar-refractivity contribution in [3.8, 4) is 0 Å². The number of nitro benzene ring substituents is 1. The van der Waals surface area contributed by atoms with E-state index < -0.39 is 22.2 Å². The van der Waals surface area contributed by atoms with Crippen molar-refractivity contribution >= 4 is 28.7 Å². The first-order valence-corrected chi connectivity index (χ1v) is 5.52. The second-order valence-electron chi connectivity index (χ2n) is 3.62. The van der Waals surface area contributed by atoms with E-state index in [9.17, 15) is 18.9 Å². The lowest BCUT2D eigenvalue weighted by Gasteiger charge is -2.09. The molecular formula is C12H7ClF2N2O2. The summed E-state index contributed by atoms with van der Waals surface area (Å²) < 4.78 is 27.0. The highest BCUT2D eigenvalue weighted by Crippen LogP contribution is 2.32. The third kappa shape index (κ3) is 2.63. The van der Waals surface area contributed by atoms with E-state index in [-0.39, 0.29) is 16.4 Å². The monoisotopic (exact) mass is 284 g/mol. The van der Waals surface area contributed by atoms with Crippen LogP contribution < -0.4 is 5.32 Å². The average molecular weight is 285 g/mol. The fourth-order valence-electron chi connectivity index (χ4n) is 1.55. The van der Waals surface area contributed by atoms with Crippen LogP contribution in [-0.4, -0.2) is 4.92 Å². The van der Waals surface area contributed by atoms with Crippen LogP contribution in [0.15, 0.2) is 36.4 Å². The maximum Gasteiger partial charge on any atom is 0.327 e. The molecule has 2 aromatic carbocycles. The van der Waals surface area contributed by atoms with E-state index >= 15 is 0 Å². The van der Waals surface area contributed by atoms with Crippen molar-refractivity contribution in [1.29, 1.82) is 0 Å². The topological polar surface area (TPSA) is 55.2 Å². The fourth-order valence-corrected chi connectivity index (χ4v) is 1.72. The van der Waals surface area contributed by atoms with Gasteiger partial charge in [0.1, 0.15) is 5.69 Å². The molecule has 0 bridgehead atoms. The number of halogens is 3. The molecule has 0 saturated heterocycles. The summed E-state index contributed by atoms with van der Waals surface area (Å²) in [6, 6.07) is 7.67. The zero-order valence-corrected chi connectivity index (χ0v) is 10.1. The number of anilines is 2. The summed E-state index contributed by atoms with van der Waals surface area (Å²) in [6.07, 6.45) is 0. The standard InChI is InChI=1S/C12H7ClF2N2O2/c13-7-3-1-5-9(11(7)15)16-10-6-2-4-8(14)12(10)17(18)19/h1-6,16H. The average Bonchev–Trinajstić information content (AvgIpc) is 2.34. The zero-order valence-electron chi connectivity index (χ0n) is 9.36. The van der Waals surface area contributed by atoms with Crippen LogP contribution in [0.1, 0.15) is 0 Å². The maximum absolute atomic E-state index is 13.7. The summed E-state index contributed by atoms with van der Waals surface area (Å²) in [5, 5.41) is 13.1. The van der Waals surface area contributed by atoms with Crippen LogP contribution in [0, 0.1) is 21.7 Å². The molecule has 4 nitrogen and oxygen atoms in total. The summed E-state index contributed by atoms with van der Waals surface area (Å²) in [5.41, 5.74) is -0.964. The molecular weight excluding hydrogens is 278 g/mol. The Morgan fingerprint density at radius 3 is 2.42 bits per heavy atom. The normalized spacial score (nSPS) is 10.3. The number of nitro groups is 1. The fraction of sp³-hybridized carbons (Fsp3) is 0. The van der Waals surface area contributed by atoms with E-state index in [1.54, 1.807) is 0 Å². The van der Waals surface area contributed by atoms with Crippen molar-refractivity contribution in [1.82, 2.24) is 0 Å². The van der Waals surface area contributed by atoms with Gasteiger partial charge in [0.05, 0.1) is 15.6 Å². The summed E-state index contributed by atoms with van der Waals surface area (Å²) in [6.45, 7) is 0. The molecule has 0 aromatic heterocycles. The minimum atomic E-state index is -1.00. The highest BCUT2D eigenvalue weighted by Gasteiger charge is 2.20. The highest BCUT2D eigenvalue weighted by atomic mass is 35.5. The minimum Gasteiger partial charge on any atom is -0.347 e. The zero-order chi connectivity index (χ0) is 14.0. The molecule has 0 fully saturated rings. The molecule has 0 aliphatic carbocycles. The number of hydrogen-bond acceptors (Lipinski definition) is 3. The lowest BCUT2D eigenvalue weighted by atomic mass is 10.2. The number of rotatable bonds is 3. The molecule has 0 amide bonds. The predicted molar refractivity (Wildman–Crippen MR) is 67.7 cm³/mol. The van der Waals surface area contributed by atoms with E-state index in [1.807, 2.05) is 0 Å². The highest BCUT2D eigenvalue weighted by molar-refractivity contribution is 6.31. The molecule has 19 heavy (non-hydrogen) atoms. The van der Waals surface area contributed by atoms with Gasteiger partial charge in [-0.3, -0.25) is 10.1 Å². The molecule has 2 aromatic rings. The van der Waals surface area contributed by atoms with Crippen molar-refractivity contribution < 1.29 is 13.7 Å². The maximum atomic E-state index is 13.7. The largest absolute Gasteiger partial charge is 0.347 e. The van der Waals surface area contributed by atoms with Gasteiger partial charge in [0.15, 0.2) is 5.82 Å². The van der Waals surface area contributed by atoms with Gasteiger partial charge in [-0.25, -0.2) is 4.39 Å². The van der Waals surface area contributed by atoms with Gasteiger partial charge >= 0.3 is 5.69 Å². The number of nitrogens with zero attached hydrogens (tertiary/aromatic N) is 1. The Bertz CT molecular complexity index is 650. The summed E-state index contributed by atoms with van der Waals surface area (Å²) in [5.74, 6) is -1.76. The predicted octanol–water partition coefficient (Wildman–Crippen LogP) is 4.27. The number of nitrogens with one attached hydrogen (secondary N) is 1. The van der Waals surface area contributed by atoms with Gasteiger partial charge in [-0.1, -0.05) is 23.7 Å². The number of benzene rings is 2. The Hall–Kier alpha value is -2.21. The Labute approximate surface area is 111 Å². The molecule has 7 heteroatoms. The van der Waals surface area contributed by atoms with E-state index in [0.717, 1.165) is 6.07 Å². The quantitative estimate of drug-likeness (QED) is 0.676. The smallest absolute Gasteiger partial charge is 0.327 e. The van der Waals surface area contributed by atoms with Gasteiger partial charge in [0.25, 0.3) is 0 Å². The molecule has 0 atom stereocenters. The number of para-hydroxylation sites is 1. The SMILES string of the molecule is O=[N+]([O-])c1c(F)cccc1Nc1cccc(Cl)c1F. The molecule has 2 rings (SSSR count). The van der Waals surface area contributed by atoms with Crippen molar-refractivity contribution in [2.24, 2.45) is 0 Å². The molecule has 0 spiro atoms. The van der Waals surface area contributed by atoms with Gasteiger partial charge in [-0.15, -0.1) is 0 Å². The van der Waals surface area contributed by atoms with E-state index in [4.69, 9.17) is 11.6 Å². The Balaban J connectivity index is 2.47. The molecule has 0 saturated carbocycles. The second-order valence-corrected chi connectivity index (χ2v) is 4.03. The van der Waals surface area contributed by atoms with Gasteiger partial charge in [-0.2, -0.15) is 4.39 Å². The van der Waals surface area contributed by atoms with Crippen LogP contribution in [0.25, 0.3) is 0 Å². The lowest BCUT2D eigenvalue weighted by molar-refractivity contribution is -0.386. The van der Waals surface area contributed by atoms with E-state index in [0.29, 0.717) is 0 Å². The molecule has 0 aliphatic heterocycles. The molecule has 0 aliphatic rings. The first-order valence-electron chi connectivity index (χ1n) is 5.14. The van der Waals surface area contributed by atoms with E-state index in [2.05, 4.69) is 5.32 Å². The van der Waals surface area contributed by atoms with Gasteiger partial charge in [0, 0.05) is 0 Å². The third-order valence-electron chi connectivity index (χ3n) is 2.39. The molecule has 1 N–H and O–H groups in total. The van der Waals surface area contributed by atoms with Crippen LogP contribution in [0.4, 0.5) is 25.8 Å². The number of hydrogen-bond donors (Lipinski definition) is 1. The minimum absolute atomic E-state index is 0.0683. The Morgan fingerprint density at radius 1 is 1.11 bits per heavy atom. The molecule has 0 heterocycles. The van der Waals surface area contributed by atoms with Crippen molar-refractivity contribution in [3.05, 3.63) is 63.2 Å². The van der Waals surface area contributed by atoms with Crippen LogP contribution in [-0.2, 0) is 0 Å². The summed E-state index contributed by atoms with van der Waals surface area (Å²) in [4.78, 5) is 9.92. The molecule has 0 unspecified atom stereocenters. The first-order chi connectivity index (χ1) is 9.00. The van der Waals surface area contributed by atoms with Crippen molar-refractivity contribution in [2.45, 2.75) is 0 Å².